The van der Waals surface area contributed by atoms with Crippen LogP contribution in [0, 0.1) is 20.8 Å². The molecule has 0 unspecified atom stereocenters. The second-order valence-electron chi connectivity index (χ2n) is 7.22. The number of benzene rings is 3. The Morgan fingerprint density at radius 3 is 2.25 bits per heavy atom. The molecular weight excluding hydrogens is 406 g/mol. The van der Waals surface area contributed by atoms with Gasteiger partial charge in [-0.05, 0) is 56.2 Å². The lowest BCUT2D eigenvalue weighted by Gasteiger charge is -2.10. The molecule has 0 aliphatic rings. The van der Waals surface area contributed by atoms with Crippen LogP contribution in [0.3, 0.4) is 0 Å². The van der Waals surface area contributed by atoms with Crippen LogP contribution in [-0.2, 0) is 9.59 Å². The summed E-state index contributed by atoms with van der Waals surface area (Å²) < 4.78 is 5.47. The highest BCUT2D eigenvalue weighted by atomic mass is 16.5. The van der Waals surface area contributed by atoms with Crippen LogP contribution in [0.25, 0.3) is 0 Å². The molecule has 32 heavy (non-hydrogen) atoms. The van der Waals surface area contributed by atoms with E-state index in [1.807, 2.05) is 45.0 Å². The summed E-state index contributed by atoms with van der Waals surface area (Å²) in [5, 5.41) is 6.42. The largest absolute Gasteiger partial charge is 0.422 e. The van der Waals surface area contributed by atoms with Crippen LogP contribution < -0.4 is 15.5 Å². The Morgan fingerprint density at radius 2 is 1.53 bits per heavy atom. The topological polar surface area (TPSA) is 96.9 Å². The number of para-hydroxylation sites is 2. The van der Waals surface area contributed by atoms with E-state index in [1.54, 1.807) is 42.5 Å². The van der Waals surface area contributed by atoms with Gasteiger partial charge >= 0.3 is 17.8 Å². The molecule has 0 heterocycles. The third-order valence-corrected chi connectivity index (χ3v) is 4.67. The van der Waals surface area contributed by atoms with E-state index in [-0.39, 0.29) is 5.75 Å². The van der Waals surface area contributed by atoms with E-state index in [4.69, 9.17) is 4.74 Å². The third-order valence-electron chi connectivity index (χ3n) is 4.67. The lowest BCUT2D eigenvalue weighted by atomic mass is 10.1. The van der Waals surface area contributed by atoms with Crippen molar-refractivity contribution in [1.29, 1.82) is 0 Å². The van der Waals surface area contributed by atoms with Crippen molar-refractivity contribution in [2.75, 3.05) is 5.32 Å². The Labute approximate surface area is 186 Å². The monoisotopic (exact) mass is 429 g/mol. The van der Waals surface area contributed by atoms with Gasteiger partial charge in [0, 0.05) is 11.3 Å². The molecule has 0 aliphatic carbocycles. The molecule has 0 aromatic heterocycles. The molecule has 0 saturated heterocycles. The van der Waals surface area contributed by atoms with Gasteiger partial charge < -0.3 is 10.1 Å². The fourth-order valence-electron chi connectivity index (χ4n) is 3.00. The van der Waals surface area contributed by atoms with Gasteiger partial charge in [0.15, 0.2) is 0 Å². The molecule has 0 spiro atoms. The van der Waals surface area contributed by atoms with E-state index < -0.39 is 17.8 Å². The van der Waals surface area contributed by atoms with E-state index >= 15 is 0 Å². The van der Waals surface area contributed by atoms with Crippen molar-refractivity contribution in [2.24, 2.45) is 5.10 Å². The summed E-state index contributed by atoms with van der Waals surface area (Å²) in [4.78, 5) is 36.7. The summed E-state index contributed by atoms with van der Waals surface area (Å²) in [5.41, 5.74) is 6.30. The molecule has 2 N–H and O–H groups in total. The molecule has 3 aromatic rings. The highest BCUT2D eigenvalue weighted by Gasteiger charge is 2.15. The number of hydrogen-bond donors (Lipinski definition) is 2. The van der Waals surface area contributed by atoms with Crippen molar-refractivity contribution in [3.05, 3.63) is 94.5 Å². The minimum Gasteiger partial charge on any atom is -0.422 e. The number of hydrogen-bond acceptors (Lipinski definition) is 5. The van der Waals surface area contributed by atoms with Gasteiger partial charge in [-0.15, -0.1) is 0 Å². The first-order valence-electron chi connectivity index (χ1n) is 9.93. The molecule has 3 aromatic carbocycles. The number of carbonyl (C=O) groups is 3. The van der Waals surface area contributed by atoms with Gasteiger partial charge in [0.1, 0.15) is 5.75 Å². The lowest BCUT2D eigenvalue weighted by Crippen LogP contribution is -2.32. The number of nitrogens with zero attached hydrogens (tertiary/aromatic N) is 1. The van der Waals surface area contributed by atoms with Gasteiger partial charge in [0.25, 0.3) is 0 Å². The fraction of sp³-hybridized carbons (Fsp3) is 0.120. The van der Waals surface area contributed by atoms with E-state index in [0.29, 0.717) is 16.8 Å². The van der Waals surface area contributed by atoms with Crippen molar-refractivity contribution in [3.63, 3.8) is 0 Å². The van der Waals surface area contributed by atoms with Gasteiger partial charge in [-0.2, -0.15) is 5.10 Å². The van der Waals surface area contributed by atoms with Crippen molar-refractivity contribution in [2.45, 2.75) is 20.8 Å². The van der Waals surface area contributed by atoms with Crippen molar-refractivity contribution >= 4 is 29.7 Å². The summed E-state index contributed by atoms with van der Waals surface area (Å²) in [5.74, 6) is -1.99. The molecular formula is C25H23N3O4. The lowest BCUT2D eigenvalue weighted by molar-refractivity contribution is -0.136. The van der Waals surface area contributed by atoms with Crippen LogP contribution >= 0.6 is 0 Å². The number of amides is 2. The fourth-order valence-corrected chi connectivity index (χ4v) is 3.00. The minimum absolute atomic E-state index is 0.275. The molecule has 0 radical (unpaired) electrons. The Balaban J connectivity index is 1.65. The number of ether oxygens (including phenoxy) is 1. The van der Waals surface area contributed by atoms with Gasteiger partial charge in [-0.25, -0.2) is 10.2 Å². The molecule has 0 atom stereocenters. The molecule has 3 rings (SSSR count). The quantitative estimate of drug-likeness (QED) is 0.211. The predicted octanol–water partition coefficient (Wildman–Crippen LogP) is 3.92. The first-order valence-corrected chi connectivity index (χ1v) is 9.93. The molecule has 0 aliphatic heterocycles. The highest BCUT2D eigenvalue weighted by molar-refractivity contribution is 6.39. The van der Waals surface area contributed by atoms with Crippen LogP contribution in [-0.4, -0.2) is 24.0 Å². The number of anilines is 1. The summed E-state index contributed by atoms with van der Waals surface area (Å²) in [7, 11) is 0. The van der Waals surface area contributed by atoms with E-state index in [1.165, 1.54) is 6.21 Å². The zero-order valence-electron chi connectivity index (χ0n) is 18.0. The number of rotatable bonds is 5. The van der Waals surface area contributed by atoms with Crippen LogP contribution in [0.2, 0.25) is 0 Å². The number of nitrogens with one attached hydrogen (secondary N) is 2. The van der Waals surface area contributed by atoms with Gasteiger partial charge in [-0.1, -0.05) is 48.0 Å². The first kappa shape index (κ1) is 22.4. The molecule has 0 bridgehead atoms. The Hall–Kier alpha value is -4.26. The van der Waals surface area contributed by atoms with Crippen LogP contribution in [0.4, 0.5) is 5.69 Å². The number of esters is 1. The SMILES string of the molecule is Cc1cccc(C(=O)Oc2ccccc2C=NNC(=O)C(=O)Nc2c(C)cccc2C)c1. The molecule has 162 valence electrons. The summed E-state index contributed by atoms with van der Waals surface area (Å²) in [6, 6.07) is 19.3. The zero-order chi connectivity index (χ0) is 23.1. The Kier molecular flexibility index (Phi) is 7.13. The van der Waals surface area contributed by atoms with E-state index in [2.05, 4.69) is 15.8 Å². The van der Waals surface area contributed by atoms with Crippen LogP contribution in [0.1, 0.15) is 32.6 Å². The predicted molar refractivity (Wildman–Crippen MR) is 123 cm³/mol. The van der Waals surface area contributed by atoms with Crippen molar-refractivity contribution < 1.29 is 19.1 Å². The Bertz CT molecular complexity index is 1180. The van der Waals surface area contributed by atoms with E-state index in [9.17, 15) is 14.4 Å². The first-order chi connectivity index (χ1) is 15.3. The average Bonchev–Trinajstić information content (AvgIpc) is 2.77. The smallest absolute Gasteiger partial charge is 0.343 e. The van der Waals surface area contributed by atoms with Gasteiger partial charge in [-0.3, -0.25) is 9.59 Å². The second kappa shape index (κ2) is 10.2. The van der Waals surface area contributed by atoms with Crippen molar-refractivity contribution in [3.8, 4) is 5.75 Å². The minimum atomic E-state index is -0.918. The number of carbonyl (C=O) groups excluding carboxylic acids is 3. The molecule has 7 nitrogen and oxygen atoms in total. The summed E-state index contributed by atoms with van der Waals surface area (Å²) >= 11 is 0. The highest BCUT2D eigenvalue weighted by Crippen LogP contribution is 2.19. The third kappa shape index (κ3) is 5.66. The van der Waals surface area contributed by atoms with Crippen LogP contribution in [0.15, 0.2) is 71.8 Å². The van der Waals surface area contributed by atoms with E-state index in [0.717, 1.165) is 16.7 Å². The number of aryl methyl sites for hydroxylation is 3. The molecule has 0 fully saturated rings. The summed E-state index contributed by atoms with van der Waals surface area (Å²) in [6.45, 7) is 5.57. The van der Waals surface area contributed by atoms with Crippen LogP contribution in [0.5, 0.6) is 5.75 Å². The number of hydrazone groups is 1. The molecule has 7 heteroatoms. The van der Waals surface area contributed by atoms with Crippen molar-refractivity contribution in [1.82, 2.24) is 5.43 Å². The summed E-state index contributed by atoms with van der Waals surface area (Å²) in [6.07, 6.45) is 1.31. The molecule has 0 saturated carbocycles. The normalized spacial score (nSPS) is 10.6. The maximum atomic E-state index is 12.4. The van der Waals surface area contributed by atoms with Gasteiger partial charge in [0.2, 0.25) is 0 Å². The maximum Gasteiger partial charge on any atom is 0.343 e. The van der Waals surface area contributed by atoms with Gasteiger partial charge in [0.05, 0.1) is 11.8 Å². The standard InChI is InChI=1S/C25H23N3O4/c1-16-8-6-12-19(14-16)25(31)32-21-13-5-4-11-20(21)15-26-28-24(30)23(29)27-22-17(2)9-7-10-18(22)3/h4-15H,1-3H3,(H,27,29)(H,28,30). The average molecular weight is 429 g/mol. The maximum absolute atomic E-state index is 12.4. The zero-order valence-corrected chi connectivity index (χ0v) is 18.0. The second-order valence-corrected chi connectivity index (χ2v) is 7.22. The Morgan fingerprint density at radius 1 is 0.844 bits per heavy atom. The molecule has 2 amide bonds.